The Bertz CT molecular complexity index is 379. The minimum absolute atomic E-state index is 0.103. The molecule has 2 aliphatic heterocycles. The van der Waals surface area contributed by atoms with Gasteiger partial charge in [-0.2, -0.15) is 0 Å². The molecule has 2 saturated heterocycles. The largest absolute Gasteiger partial charge is 0.337 e. The van der Waals surface area contributed by atoms with Gasteiger partial charge in [-0.25, -0.2) is 4.98 Å². The Balaban J connectivity index is 1.70. The van der Waals surface area contributed by atoms with Gasteiger partial charge in [-0.1, -0.05) is 0 Å². The number of likely N-dealkylation sites (tertiary alicyclic amines) is 1. The summed E-state index contributed by atoms with van der Waals surface area (Å²) >= 11 is 1.48. The number of carbonyl (C=O) groups excluding carboxylic acids is 1. The Morgan fingerprint density at radius 1 is 1.50 bits per heavy atom. The number of hydrogen-bond donors (Lipinski definition) is 1. The lowest BCUT2D eigenvalue weighted by Crippen LogP contribution is -2.43. The maximum absolute atomic E-state index is 12.1. The van der Waals surface area contributed by atoms with Crippen molar-refractivity contribution in [1.82, 2.24) is 15.2 Å². The van der Waals surface area contributed by atoms with Crippen molar-refractivity contribution < 1.29 is 4.79 Å². The third kappa shape index (κ3) is 1.74. The molecule has 1 N–H and O–H groups in total. The van der Waals surface area contributed by atoms with Crippen molar-refractivity contribution in [3.05, 3.63) is 16.6 Å². The molecule has 2 aliphatic rings. The van der Waals surface area contributed by atoms with Crippen molar-refractivity contribution in [2.45, 2.75) is 6.42 Å². The van der Waals surface area contributed by atoms with Gasteiger partial charge < -0.3 is 10.2 Å². The first-order valence-electron chi connectivity index (χ1n) is 5.73. The molecule has 4 nitrogen and oxygen atoms in total. The maximum atomic E-state index is 12.1. The van der Waals surface area contributed by atoms with Crippen molar-refractivity contribution in [3.8, 4) is 0 Å². The number of rotatable bonds is 1. The lowest BCUT2D eigenvalue weighted by Gasteiger charge is -2.34. The number of nitrogens with one attached hydrogen (secondary N) is 1. The van der Waals surface area contributed by atoms with Crippen LogP contribution >= 0.6 is 11.3 Å². The van der Waals surface area contributed by atoms with Crippen LogP contribution in [0, 0.1) is 11.8 Å². The van der Waals surface area contributed by atoms with Gasteiger partial charge in [0.25, 0.3) is 5.91 Å². The molecule has 0 saturated carbocycles. The van der Waals surface area contributed by atoms with E-state index in [0.717, 1.165) is 38.5 Å². The van der Waals surface area contributed by atoms with E-state index >= 15 is 0 Å². The molecule has 5 heteroatoms. The summed E-state index contributed by atoms with van der Waals surface area (Å²) in [5, 5.41) is 5.24. The molecule has 2 fully saturated rings. The summed E-state index contributed by atoms with van der Waals surface area (Å²) in [5.74, 6) is 1.53. The molecule has 3 rings (SSSR count). The van der Waals surface area contributed by atoms with Crippen LogP contribution in [0.4, 0.5) is 0 Å². The number of fused-ring (bicyclic) bond motifs is 1. The van der Waals surface area contributed by atoms with Crippen LogP contribution in [0.1, 0.15) is 16.9 Å². The van der Waals surface area contributed by atoms with Crippen LogP contribution in [0.2, 0.25) is 0 Å². The van der Waals surface area contributed by atoms with E-state index in [4.69, 9.17) is 0 Å². The van der Waals surface area contributed by atoms with Crippen LogP contribution in [-0.2, 0) is 0 Å². The zero-order chi connectivity index (χ0) is 11.0. The van der Waals surface area contributed by atoms with Gasteiger partial charge in [0.15, 0.2) is 0 Å². The standard InChI is InChI=1S/C11H15N3OS/c15-11(10-6-16-7-13-10)14-2-1-8-3-12-4-9(8)5-14/h6-9,12H,1-5H2/t8-,9+/m1/s1. The van der Waals surface area contributed by atoms with Crippen LogP contribution in [0.15, 0.2) is 10.9 Å². The van der Waals surface area contributed by atoms with Crippen molar-refractivity contribution in [2.75, 3.05) is 26.2 Å². The Labute approximate surface area is 98.7 Å². The summed E-state index contributed by atoms with van der Waals surface area (Å²) in [6.07, 6.45) is 1.13. The second-order valence-corrected chi connectivity index (χ2v) is 5.31. The fourth-order valence-electron chi connectivity index (χ4n) is 2.70. The molecule has 3 heterocycles. The van der Waals surface area contributed by atoms with Gasteiger partial charge in [0.05, 0.1) is 5.51 Å². The Morgan fingerprint density at radius 3 is 3.19 bits per heavy atom. The Hall–Kier alpha value is -0.940. The summed E-state index contributed by atoms with van der Waals surface area (Å²) in [5.41, 5.74) is 2.33. The zero-order valence-electron chi connectivity index (χ0n) is 9.06. The molecule has 0 unspecified atom stereocenters. The molecule has 86 valence electrons. The van der Waals surface area contributed by atoms with E-state index in [1.54, 1.807) is 5.51 Å². The van der Waals surface area contributed by atoms with Gasteiger partial charge >= 0.3 is 0 Å². The van der Waals surface area contributed by atoms with Crippen molar-refractivity contribution in [1.29, 1.82) is 0 Å². The van der Waals surface area contributed by atoms with Gasteiger partial charge in [-0.05, 0) is 31.3 Å². The molecule has 1 amide bonds. The fourth-order valence-corrected chi connectivity index (χ4v) is 3.23. The topological polar surface area (TPSA) is 45.2 Å². The number of amides is 1. The lowest BCUT2D eigenvalue weighted by molar-refractivity contribution is 0.0637. The first-order chi connectivity index (χ1) is 7.84. The quantitative estimate of drug-likeness (QED) is 0.786. The van der Waals surface area contributed by atoms with Crippen LogP contribution < -0.4 is 5.32 Å². The second-order valence-electron chi connectivity index (χ2n) is 4.59. The van der Waals surface area contributed by atoms with Gasteiger partial charge in [0.2, 0.25) is 0 Å². The van der Waals surface area contributed by atoms with Crippen molar-refractivity contribution >= 4 is 17.2 Å². The molecular weight excluding hydrogens is 222 g/mol. The smallest absolute Gasteiger partial charge is 0.273 e. The van der Waals surface area contributed by atoms with Crippen molar-refractivity contribution in [3.63, 3.8) is 0 Å². The molecule has 16 heavy (non-hydrogen) atoms. The molecule has 1 aromatic rings. The predicted molar refractivity (Wildman–Crippen MR) is 62.5 cm³/mol. The van der Waals surface area contributed by atoms with E-state index < -0.39 is 0 Å². The number of piperidine rings is 1. The van der Waals surface area contributed by atoms with Crippen molar-refractivity contribution in [2.24, 2.45) is 11.8 Å². The monoisotopic (exact) mass is 237 g/mol. The van der Waals surface area contributed by atoms with E-state index in [0.29, 0.717) is 11.6 Å². The summed E-state index contributed by atoms with van der Waals surface area (Å²) in [6.45, 7) is 3.97. The summed E-state index contributed by atoms with van der Waals surface area (Å²) in [7, 11) is 0. The highest BCUT2D eigenvalue weighted by atomic mass is 32.1. The molecular formula is C11H15N3OS. The number of thiazole rings is 1. The number of aromatic nitrogens is 1. The van der Waals surface area contributed by atoms with Gasteiger partial charge in [0.1, 0.15) is 5.69 Å². The van der Waals surface area contributed by atoms with E-state index in [-0.39, 0.29) is 5.91 Å². The highest BCUT2D eigenvalue weighted by Gasteiger charge is 2.34. The molecule has 2 atom stereocenters. The van der Waals surface area contributed by atoms with E-state index in [1.807, 2.05) is 10.3 Å². The highest BCUT2D eigenvalue weighted by molar-refractivity contribution is 7.07. The van der Waals surface area contributed by atoms with Crippen LogP contribution in [0.3, 0.4) is 0 Å². The van der Waals surface area contributed by atoms with Crippen LogP contribution in [0.5, 0.6) is 0 Å². The average Bonchev–Trinajstić information content (AvgIpc) is 2.98. The van der Waals surface area contributed by atoms with E-state index in [9.17, 15) is 4.79 Å². The van der Waals surface area contributed by atoms with Crippen LogP contribution in [-0.4, -0.2) is 42.0 Å². The molecule has 0 aromatic carbocycles. The second kappa shape index (κ2) is 4.14. The molecule has 0 bridgehead atoms. The first-order valence-corrected chi connectivity index (χ1v) is 6.67. The average molecular weight is 237 g/mol. The van der Waals surface area contributed by atoms with E-state index in [1.165, 1.54) is 11.3 Å². The first kappa shape index (κ1) is 10.2. The number of carbonyl (C=O) groups is 1. The fraction of sp³-hybridized carbons (Fsp3) is 0.636. The third-order valence-electron chi connectivity index (χ3n) is 3.64. The zero-order valence-corrected chi connectivity index (χ0v) is 9.87. The number of nitrogens with zero attached hydrogens (tertiary/aromatic N) is 2. The van der Waals surface area contributed by atoms with Gasteiger partial charge in [0, 0.05) is 18.5 Å². The lowest BCUT2D eigenvalue weighted by atomic mass is 9.88. The normalized spacial score (nSPS) is 29.1. The van der Waals surface area contributed by atoms with Crippen LogP contribution in [0.25, 0.3) is 0 Å². The minimum atomic E-state index is 0.103. The Morgan fingerprint density at radius 2 is 2.38 bits per heavy atom. The predicted octanol–water partition coefficient (Wildman–Crippen LogP) is 0.825. The third-order valence-corrected chi connectivity index (χ3v) is 4.23. The maximum Gasteiger partial charge on any atom is 0.273 e. The minimum Gasteiger partial charge on any atom is -0.337 e. The molecule has 0 spiro atoms. The summed E-state index contributed by atoms with van der Waals surface area (Å²) in [4.78, 5) is 18.1. The summed E-state index contributed by atoms with van der Waals surface area (Å²) < 4.78 is 0. The highest BCUT2D eigenvalue weighted by Crippen LogP contribution is 2.27. The molecule has 1 aromatic heterocycles. The van der Waals surface area contributed by atoms with Gasteiger partial charge in [-0.3, -0.25) is 4.79 Å². The molecule has 0 radical (unpaired) electrons. The van der Waals surface area contributed by atoms with E-state index in [2.05, 4.69) is 10.3 Å². The molecule has 0 aliphatic carbocycles. The summed E-state index contributed by atoms with van der Waals surface area (Å²) in [6, 6.07) is 0. The number of hydrogen-bond acceptors (Lipinski definition) is 4. The van der Waals surface area contributed by atoms with Gasteiger partial charge in [-0.15, -0.1) is 11.3 Å². The Kier molecular flexibility index (Phi) is 2.65. The SMILES string of the molecule is O=C(c1cscn1)N1CC[C@@H]2CNC[C@H]2C1.